The Kier molecular flexibility index (Phi) is 9.24. The summed E-state index contributed by atoms with van der Waals surface area (Å²) in [6.45, 7) is 2.51. The van der Waals surface area contributed by atoms with Gasteiger partial charge in [0.1, 0.15) is 17.4 Å². The maximum Gasteiger partial charge on any atom is 0.534 e. The smallest absolute Gasteiger partial charge is 0.466 e. The lowest BCUT2D eigenvalue weighted by Crippen LogP contribution is -2.28. The molecule has 176 valence electrons. The van der Waals surface area contributed by atoms with E-state index in [0.29, 0.717) is 38.2 Å². The van der Waals surface area contributed by atoms with Gasteiger partial charge in [0.25, 0.3) is 0 Å². The number of hydrogen-bond donors (Lipinski definition) is 0. The first kappa shape index (κ1) is 25.4. The molecule has 0 atom stereocenters. The zero-order valence-corrected chi connectivity index (χ0v) is 18.2. The van der Waals surface area contributed by atoms with Crippen LogP contribution in [0.25, 0.3) is 0 Å². The van der Waals surface area contributed by atoms with Crippen molar-refractivity contribution < 1.29 is 35.3 Å². The molecule has 8 nitrogen and oxygen atoms in total. The van der Waals surface area contributed by atoms with E-state index in [-0.39, 0.29) is 11.8 Å². The summed E-state index contributed by atoms with van der Waals surface area (Å²) in [6.07, 6.45) is 5.97. The second-order valence-corrected chi connectivity index (χ2v) is 8.18. The molecule has 0 saturated carbocycles. The number of ether oxygens (including phenoxy) is 1. The third-order valence-corrected chi connectivity index (χ3v) is 5.21. The van der Waals surface area contributed by atoms with Crippen molar-refractivity contribution in [2.75, 3.05) is 18.1 Å². The van der Waals surface area contributed by atoms with Gasteiger partial charge in [-0.25, -0.2) is 9.97 Å². The Hall–Kier alpha value is -2.89. The maximum atomic E-state index is 12.6. The monoisotopic (exact) mass is 475 g/mol. The Morgan fingerprint density at radius 2 is 1.75 bits per heavy atom. The summed E-state index contributed by atoms with van der Waals surface area (Å²) in [5.41, 5.74) is -5.54. The third kappa shape index (κ3) is 7.66. The van der Waals surface area contributed by atoms with Gasteiger partial charge in [0.05, 0.1) is 6.61 Å². The maximum absolute atomic E-state index is 12.6. The Balaban J connectivity index is 2.07. The fraction of sp³-hybridized carbons (Fsp3) is 0.450. The van der Waals surface area contributed by atoms with Crippen LogP contribution >= 0.6 is 0 Å². The van der Waals surface area contributed by atoms with E-state index in [4.69, 9.17) is 4.74 Å². The van der Waals surface area contributed by atoms with Crippen LogP contribution in [0.4, 0.5) is 24.8 Å². The van der Waals surface area contributed by atoms with Crippen molar-refractivity contribution in [2.45, 2.75) is 44.5 Å². The molecule has 0 spiro atoms. The Morgan fingerprint density at radius 1 is 1.03 bits per heavy atom. The summed E-state index contributed by atoms with van der Waals surface area (Å²) >= 11 is 0. The molecule has 2 heterocycles. The summed E-state index contributed by atoms with van der Waals surface area (Å²) in [5, 5.41) is 0. The highest BCUT2D eigenvalue weighted by Crippen LogP contribution is 2.30. The van der Waals surface area contributed by atoms with Crippen LogP contribution in [0.2, 0.25) is 0 Å². The second kappa shape index (κ2) is 11.7. The van der Waals surface area contributed by atoms with Crippen LogP contribution in [0.5, 0.6) is 5.75 Å². The molecule has 12 heteroatoms. The minimum Gasteiger partial charge on any atom is -0.466 e. The van der Waals surface area contributed by atoms with Crippen molar-refractivity contribution in [3.63, 3.8) is 0 Å². The van der Waals surface area contributed by atoms with Gasteiger partial charge in [0.2, 0.25) is 0 Å². The van der Waals surface area contributed by atoms with Crippen molar-refractivity contribution in [3.05, 3.63) is 42.7 Å². The number of halogens is 3. The number of carbonyl (C=O) groups is 1. The molecular weight excluding hydrogens is 451 g/mol. The minimum atomic E-state index is -5.80. The van der Waals surface area contributed by atoms with Crippen LogP contribution in [-0.4, -0.2) is 43.0 Å². The van der Waals surface area contributed by atoms with E-state index >= 15 is 0 Å². The Labute approximate surface area is 184 Å². The van der Waals surface area contributed by atoms with Gasteiger partial charge in [0.15, 0.2) is 0 Å². The minimum absolute atomic E-state index is 0.185. The summed E-state index contributed by atoms with van der Waals surface area (Å²) in [5.74, 6) is -0.0763. The van der Waals surface area contributed by atoms with E-state index in [1.165, 1.54) is 0 Å². The van der Waals surface area contributed by atoms with Crippen LogP contribution in [0.3, 0.4) is 0 Å². The van der Waals surface area contributed by atoms with Crippen LogP contribution in [0, 0.1) is 0 Å². The Bertz CT molecular complexity index is 972. The van der Waals surface area contributed by atoms with Crippen LogP contribution < -0.4 is 9.08 Å². The van der Waals surface area contributed by atoms with E-state index in [1.54, 1.807) is 36.2 Å². The highest BCUT2D eigenvalue weighted by Gasteiger charge is 2.48. The number of alkyl halides is 3. The molecule has 0 N–H and O–H groups in total. The number of hydrogen-bond acceptors (Lipinski definition) is 8. The normalized spacial score (nSPS) is 11.8. The third-order valence-electron chi connectivity index (χ3n) is 4.23. The van der Waals surface area contributed by atoms with Crippen molar-refractivity contribution in [1.29, 1.82) is 0 Å². The van der Waals surface area contributed by atoms with E-state index in [0.717, 1.165) is 31.2 Å². The summed E-state index contributed by atoms with van der Waals surface area (Å²) < 4.78 is 69.6. The number of esters is 1. The molecule has 2 aromatic heterocycles. The molecule has 0 bridgehead atoms. The van der Waals surface area contributed by atoms with Gasteiger partial charge >= 0.3 is 21.6 Å². The zero-order valence-electron chi connectivity index (χ0n) is 17.4. The molecule has 32 heavy (non-hydrogen) atoms. The quantitative estimate of drug-likeness (QED) is 0.193. The molecule has 0 amide bonds. The van der Waals surface area contributed by atoms with Gasteiger partial charge in [-0.2, -0.15) is 21.6 Å². The highest BCUT2D eigenvalue weighted by atomic mass is 32.2. The van der Waals surface area contributed by atoms with Crippen molar-refractivity contribution in [3.8, 4) is 5.75 Å². The first-order chi connectivity index (χ1) is 15.1. The first-order valence-electron chi connectivity index (χ1n) is 9.95. The van der Waals surface area contributed by atoms with E-state index in [9.17, 15) is 26.4 Å². The molecule has 0 aliphatic carbocycles. The van der Waals surface area contributed by atoms with Crippen molar-refractivity contribution in [1.82, 2.24) is 9.97 Å². The SMILES string of the molecule is CCOC(=O)CCCCCCN(c1ccccn1)c1cc(OS(=O)(=O)C(F)(F)F)ccn1. The molecule has 0 radical (unpaired) electrons. The van der Waals surface area contributed by atoms with Crippen molar-refractivity contribution in [2.24, 2.45) is 0 Å². The summed E-state index contributed by atoms with van der Waals surface area (Å²) in [6, 6.07) is 7.28. The van der Waals surface area contributed by atoms with Crippen LogP contribution in [-0.2, 0) is 19.6 Å². The number of rotatable bonds is 12. The van der Waals surface area contributed by atoms with E-state index in [2.05, 4.69) is 14.2 Å². The van der Waals surface area contributed by atoms with Gasteiger partial charge in [-0.15, -0.1) is 0 Å². The topological polar surface area (TPSA) is 98.7 Å². The van der Waals surface area contributed by atoms with Gasteiger partial charge in [0, 0.05) is 37.5 Å². The molecule has 0 aromatic carbocycles. The molecule has 2 aromatic rings. The second-order valence-electron chi connectivity index (χ2n) is 6.64. The average molecular weight is 475 g/mol. The number of unbranched alkanes of at least 4 members (excludes halogenated alkanes) is 3. The average Bonchev–Trinajstić information content (AvgIpc) is 2.73. The Morgan fingerprint density at radius 3 is 2.41 bits per heavy atom. The molecule has 0 unspecified atom stereocenters. The largest absolute Gasteiger partial charge is 0.534 e. The van der Waals surface area contributed by atoms with Gasteiger partial charge in [-0.05, 0) is 31.9 Å². The van der Waals surface area contributed by atoms with E-state index in [1.807, 2.05) is 0 Å². The number of aromatic nitrogens is 2. The van der Waals surface area contributed by atoms with E-state index < -0.39 is 21.4 Å². The van der Waals surface area contributed by atoms with Crippen LogP contribution in [0.15, 0.2) is 42.7 Å². The fourth-order valence-corrected chi connectivity index (χ4v) is 3.21. The van der Waals surface area contributed by atoms with Crippen molar-refractivity contribution >= 4 is 27.7 Å². The predicted molar refractivity (Wildman–Crippen MR) is 111 cm³/mol. The van der Waals surface area contributed by atoms with Gasteiger partial charge in [-0.1, -0.05) is 18.9 Å². The molecular formula is C20H24F3N3O5S. The zero-order chi connectivity index (χ0) is 23.6. The highest BCUT2D eigenvalue weighted by molar-refractivity contribution is 7.88. The number of nitrogens with zero attached hydrogens (tertiary/aromatic N) is 3. The first-order valence-corrected chi connectivity index (χ1v) is 11.4. The predicted octanol–water partition coefficient (Wildman–Crippen LogP) is 4.36. The molecule has 0 aliphatic rings. The lowest BCUT2D eigenvalue weighted by Gasteiger charge is -2.23. The number of anilines is 2. The number of carbonyl (C=O) groups excluding carboxylic acids is 1. The fourth-order valence-electron chi connectivity index (χ4n) is 2.76. The molecule has 0 saturated heterocycles. The van der Waals surface area contributed by atoms with Gasteiger partial charge in [-0.3, -0.25) is 4.79 Å². The molecule has 0 aliphatic heterocycles. The lowest BCUT2D eigenvalue weighted by atomic mass is 10.1. The molecule has 0 fully saturated rings. The van der Waals surface area contributed by atoms with Crippen LogP contribution in [0.1, 0.15) is 39.0 Å². The summed E-state index contributed by atoms with van der Waals surface area (Å²) in [7, 11) is -5.80. The molecule has 2 rings (SSSR count). The lowest BCUT2D eigenvalue weighted by molar-refractivity contribution is -0.143. The standard InChI is InChI=1S/C20H24F3N3O5S/c1-2-30-19(27)10-5-3-4-8-14-26(17-9-6-7-12-24-17)18-15-16(11-13-25-18)31-32(28,29)20(21,22)23/h6-7,9,11-13,15H,2-5,8,10,14H2,1H3. The summed E-state index contributed by atoms with van der Waals surface area (Å²) in [4.78, 5) is 21.4. The van der Waals surface area contributed by atoms with Gasteiger partial charge < -0.3 is 13.8 Å². The number of pyridine rings is 2.